The minimum absolute atomic E-state index is 0.0100. The maximum absolute atomic E-state index is 13.9. The molecule has 0 radical (unpaired) electrons. The zero-order valence-electron chi connectivity index (χ0n) is 23.7. The summed E-state index contributed by atoms with van der Waals surface area (Å²) in [5.74, 6) is 0.224. The molecule has 4 heterocycles. The molecule has 6 rings (SSSR count). The minimum Gasteiger partial charge on any atom is -0.488 e. The molecule has 2 amide bonds. The van der Waals surface area contributed by atoms with Crippen LogP contribution in [0.25, 0.3) is 11.3 Å². The molecular formula is C31H34FN5O4S. The highest BCUT2D eigenvalue weighted by atomic mass is 32.2. The van der Waals surface area contributed by atoms with Crippen molar-refractivity contribution in [2.24, 2.45) is 5.41 Å². The number of hydrogen-bond donors (Lipinski definition) is 2. The number of ether oxygens (including phenoxy) is 2. The lowest BCUT2D eigenvalue weighted by Crippen LogP contribution is -2.65. The van der Waals surface area contributed by atoms with Crippen molar-refractivity contribution in [1.82, 2.24) is 25.5 Å². The highest BCUT2D eigenvalue weighted by Crippen LogP contribution is 2.50. The molecule has 2 N–H and O–H groups in total. The predicted octanol–water partition coefficient (Wildman–Crippen LogP) is 4.18. The first kappa shape index (κ1) is 28.4. The fraction of sp³-hybridized carbons (Fsp3) is 0.419. The van der Waals surface area contributed by atoms with Crippen LogP contribution in [-0.2, 0) is 0 Å². The number of aromatic nitrogens is 2. The Morgan fingerprint density at radius 3 is 2.79 bits per heavy atom. The van der Waals surface area contributed by atoms with Gasteiger partial charge in [-0.25, -0.2) is 14.4 Å². The van der Waals surface area contributed by atoms with Crippen LogP contribution in [0.4, 0.5) is 4.39 Å². The summed E-state index contributed by atoms with van der Waals surface area (Å²) >= 11 is 1.29. The molecule has 42 heavy (non-hydrogen) atoms. The van der Waals surface area contributed by atoms with Crippen molar-refractivity contribution in [3.05, 3.63) is 65.7 Å². The fourth-order valence-electron chi connectivity index (χ4n) is 6.03. The van der Waals surface area contributed by atoms with Crippen LogP contribution in [0, 0.1) is 11.2 Å². The first-order valence-electron chi connectivity index (χ1n) is 14.3. The average Bonchev–Trinajstić information content (AvgIpc) is 3.47. The lowest BCUT2D eigenvalue weighted by atomic mass is 9.61. The molecule has 220 valence electrons. The number of amides is 2. The summed E-state index contributed by atoms with van der Waals surface area (Å²) in [7, 11) is 0. The van der Waals surface area contributed by atoms with Crippen LogP contribution >= 0.6 is 11.8 Å². The van der Waals surface area contributed by atoms with Gasteiger partial charge in [-0.3, -0.25) is 9.59 Å². The average molecular weight is 592 g/mol. The summed E-state index contributed by atoms with van der Waals surface area (Å²) in [6, 6.07) is 11.9. The molecule has 11 heteroatoms. The highest BCUT2D eigenvalue weighted by molar-refractivity contribution is 7.98. The summed E-state index contributed by atoms with van der Waals surface area (Å²) in [6.07, 6.45) is 5.79. The van der Waals surface area contributed by atoms with Gasteiger partial charge in [-0.15, -0.1) is 11.8 Å². The standard InChI is InChI=1S/C31H34FN5O4S/c1-3-40-29-22(5-4-11-34-29)24-8-9-25(27(36-24)28(38)35-20-10-12-33-16-20)41-21-14-31(15-21)17-37(18-31)30(39)19-6-7-23(32)26(13-19)42-2/h4-9,11,13,20-21,33H,3,10,12,14-18H2,1-2H3,(H,35,38). The van der Waals surface area contributed by atoms with Gasteiger partial charge in [0.15, 0.2) is 11.4 Å². The SMILES string of the molecule is CCOc1ncccc1-c1ccc(OC2CC3(C2)CN(C(=O)c2ccc(F)c(SC)c2)C3)c(C(=O)NC2CCNC2)n1. The van der Waals surface area contributed by atoms with Crippen molar-refractivity contribution in [2.45, 2.75) is 43.2 Å². The second-order valence-corrected chi connectivity index (χ2v) is 12.0. The van der Waals surface area contributed by atoms with Crippen LogP contribution in [0.3, 0.4) is 0 Å². The Morgan fingerprint density at radius 1 is 1.21 bits per heavy atom. The molecule has 3 fully saturated rings. The Bertz CT molecular complexity index is 1480. The summed E-state index contributed by atoms with van der Waals surface area (Å²) in [4.78, 5) is 37.7. The van der Waals surface area contributed by atoms with Crippen LogP contribution in [0.5, 0.6) is 11.6 Å². The number of likely N-dealkylation sites (tertiary alicyclic amines) is 1. The molecule has 1 aliphatic carbocycles. The molecule has 2 saturated heterocycles. The van der Waals surface area contributed by atoms with Crippen LogP contribution in [-0.4, -0.2) is 77.9 Å². The quantitative estimate of drug-likeness (QED) is 0.357. The molecule has 1 spiro atoms. The van der Waals surface area contributed by atoms with Gasteiger partial charge in [0, 0.05) is 47.7 Å². The van der Waals surface area contributed by atoms with Gasteiger partial charge in [-0.1, -0.05) is 0 Å². The fourth-order valence-corrected chi connectivity index (χ4v) is 6.54. The minimum atomic E-state index is -0.316. The molecule has 1 atom stereocenters. The van der Waals surface area contributed by atoms with E-state index in [-0.39, 0.29) is 40.9 Å². The summed E-state index contributed by atoms with van der Waals surface area (Å²) in [6.45, 7) is 5.21. The number of halogens is 1. The van der Waals surface area contributed by atoms with Crippen molar-refractivity contribution >= 4 is 23.6 Å². The Labute approximate surface area is 248 Å². The number of carbonyl (C=O) groups excluding carboxylic acids is 2. The van der Waals surface area contributed by atoms with Gasteiger partial charge in [-0.2, -0.15) is 0 Å². The lowest BCUT2D eigenvalue weighted by Gasteiger charge is -2.58. The topological polar surface area (TPSA) is 106 Å². The molecule has 2 aliphatic heterocycles. The number of rotatable bonds is 9. The van der Waals surface area contributed by atoms with Crippen molar-refractivity contribution in [1.29, 1.82) is 0 Å². The van der Waals surface area contributed by atoms with E-state index in [0.717, 1.165) is 32.4 Å². The Balaban J connectivity index is 1.14. The number of nitrogens with zero attached hydrogens (tertiary/aromatic N) is 3. The van der Waals surface area contributed by atoms with Crippen LogP contribution in [0.1, 0.15) is 47.0 Å². The van der Waals surface area contributed by atoms with Gasteiger partial charge >= 0.3 is 0 Å². The maximum atomic E-state index is 13.9. The molecular weight excluding hydrogens is 557 g/mol. The largest absolute Gasteiger partial charge is 0.488 e. The van der Waals surface area contributed by atoms with E-state index in [1.54, 1.807) is 30.7 Å². The number of nitrogens with one attached hydrogen (secondary N) is 2. The molecule has 1 saturated carbocycles. The zero-order valence-corrected chi connectivity index (χ0v) is 24.5. The first-order valence-corrected chi connectivity index (χ1v) is 15.5. The van der Waals surface area contributed by atoms with Crippen LogP contribution < -0.4 is 20.1 Å². The first-order chi connectivity index (χ1) is 20.4. The van der Waals surface area contributed by atoms with Gasteiger partial charge < -0.3 is 25.0 Å². The third kappa shape index (κ3) is 5.67. The Kier molecular flexibility index (Phi) is 8.04. The maximum Gasteiger partial charge on any atom is 0.274 e. The smallest absolute Gasteiger partial charge is 0.274 e. The van der Waals surface area contributed by atoms with Gasteiger partial charge in [0.2, 0.25) is 5.88 Å². The lowest BCUT2D eigenvalue weighted by molar-refractivity contribution is -0.103. The van der Waals surface area contributed by atoms with E-state index in [0.29, 0.717) is 53.0 Å². The highest BCUT2D eigenvalue weighted by Gasteiger charge is 2.55. The van der Waals surface area contributed by atoms with Crippen molar-refractivity contribution in [3.8, 4) is 22.9 Å². The second kappa shape index (κ2) is 11.9. The Hall–Kier alpha value is -3.70. The van der Waals surface area contributed by atoms with Gasteiger partial charge in [0.25, 0.3) is 11.8 Å². The Morgan fingerprint density at radius 2 is 2.05 bits per heavy atom. The monoisotopic (exact) mass is 591 g/mol. The molecule has 1 unspecified atom stereocenters. The second-order valence-electron chi connectivity index (χ2n) is 11.2. The number of benzene rings is 1. The van der Waals surface area contributed by atoms with E-state index < -0.39 is 0 Å². The number of hydrogen-bond acceptors (Lipinski definition) is 8. The molecule has 3 aliphatic rings. The van der Waals surface area contributed by atoms with E-state index in [1.165, 1.54) is 17.8 Å². The van der Waals surface area contributed by atoms with E-state index >= 15 is 0 Å². The van der Waals surface area contributed by atoms with Crippen LogP contribution in [0.15, 0.2) is 53.6 Å². The number of thioether (sulfide) groups is 1. The normalized spacial score (nSPS) is 19.2. The van der Waals surface area contributed by atoms with E-state index in [9.17, 15) is 14.0 Å². The predicted molar refractivity (Wildman–Crippen MR) is 158 cm³/mol. The van der Waals surface area contributed by atoms with Crippen LogP contribution in [0.2, 0.25) is 0 Å². The summed E-state index contributed by atoms with van der Waals surface area (Å²) in [5.41, 5.74) is 2.03. The molecule has 2 aromatic heterocycles. The number of carbonyl (C=O) groups is 2. The number of pyridine rings is 2. The van der Waals surface area contributed by atoms with Crippen molar-refractivity contribution < 1.29 is 23.5 Å². The van der Waals surface area contributed by atoms with Crippen molar-refractivity contribution in [2.75, 3.05) is 39.0 Å². The van der Waals surface area contributed by atoms with Gasteiger partial charge in [0.05, 0.1) is 17.9 Å². The summed E-state index contributed by atoms with van der Waals surface area (Å²) in [5, 5.41) is 6.36. The molecule has 0 bridgehead atoms. The van der Waals surface area contributed by atoms with Gasteiger partial charge in [-0.05, 0) is 81.5 Å². The van der Waals surface area contributed by atoms with Gasteiger partial charge in [0.1, 0.15) is 11.9 Å². The van der Waals surface area contributed by atoms with E-state index in [4.69, 9.17) is 14.5 Å². The molecule has 9 nitrogen and oxygen atoms in total. The third-order valence-electron chi connectivity index (χ3n) is 8.15. The molecule has 1 aromatic carbocycles. The third-order valence-corrected chi connectivity index (χ3v) is 8.90. The summed E-state index contributed by atoms with van der Waals surface area (Å²) < 4.78 is 25.9. The van der Waals surface area contributed by atoms with Crippen molar-refractivity contribution in [3.63, 3.8) is 0 Å². The molecule has 3 aromatic rings. The van der Waals surface area contributed by atoms with E-state index in [1.807, 2.05) is 30.0 Å². The van der Waals surface area contributed by atoms with E-state index in [2.05, 4.69) is 15.6 Å². The zero-order chi connectivity index (χ0) is 29.3.